The van der Waals surface area contributed by atoms with Crippen molar-refractivity contribution in [2.24, 2.45) is 0 Å². The van der Waals surface area contributed by atoms with E-state index in [1.807, 2.05) is 103 Å². The van der Waals surface area contributed by atoms with Crippen molar-refractivity contribution in [3.63, 3.8) is 0 Å². The van der Waals surface area contributed by atoms with E-state index in [-0.39, 0.29) is 11.8 Å². The Kier molecular flexibility index (Phi) is 10.9. The van der Waals surface area contributed by atoms with Gasteiger partial charge < -0.3 is 16.0 Å². The van der Waals surface area contributed by atoms with E-state index in [0.717, 1.165) is 43.5 Å². The second-order valence-electron chi connectivity index (χ2n) is 9.62. The SMILES string of the molecule is O=C(N[C@H](CCCCNCc1ccccc1)C(=O)NCCc1ccccc1)c1ccccc1-c1ccccc1. The lowest BCUT2D eigenvalue weighted by atomic mass is 9.98. The summed E-state index contributed by atoms with van der Waals surface area (Å²) in [5, 5.41) is 9.54. The molecule has 0 aromatic heterocycles. The first kappa shape index (κ1) is 27.8. The normalized spacial score (nSPS) is 11.5. The van der Waals surface area contributed by atoms with Gasteiger partial charge in [-0.3, -0.25) is 9.59 Å². The van der Waals surface area contributed by atoms with Crippen molar-refractivity contribution in [2.75, 3.05) is 13.1 Å². The third-order valence-corrected chi connectivity index (χ3v) is 6.70. The number of hydrogen-bond acceptors (Lipinski definition) is 3. The molecule has 0 unspecified atom stereocenters. The maximum absolute atomic E-state index is 13.4. The third-order valence-electron chi connectivity index (χ3n) is 6.70. The number of amides is 2. The molecule has 0 aliphatic heterocycles. The zero-order valence-corrected chi connectivity index (χ0v) is 22.3. The number of unbranched alkanes of at least 4 members (excludes halogenated alkanes) is 1. The molecule has 0 spiro atoms. The van der Waals surface area contributed by atoms with Gasteiger partial charge in [-0.05, 0) is 60.5 Å². The van der Waals surface area contributed by atoms with Crippen LogP contribution in [0, 0.1) is 0 Å². The van der Waals surface area contributed by atoms with Gasteiger partial charge in [0.15, 0.2) is 0 Å². The fraction of sp³-hybridized carbons (Fsp3) is 0.235. The van der Waals surface area contributed by atoms with Gasteiger partial charge in [0.05, 0.1) is 0 Å². The van der Waals surface area contributed by atoms with E-state index >= 15 is 0 Å². The number of hydrogen-bond donors (Lipinski definition) is 3. The molecule has 0 aliphatic rings. The molecule has 0 heterocycles. The van der Waals surface area contributed by atoms with Crippen LogP contribution in [0.2, 0.25) is 0 Å². The Hall–Kier alpha value is -4.22. The zero-order valence-electron chi connectivity index (χ0n) is 22.3. The largest absolute Gasteiger partial charge is 0.354 e. The standard InChI is InChI=1S/C34H37N3O2/c38-33(31-21-11-10-20-30(31)29-18-8-3-9-19-29)37-32(34(39)36-25-23-27-14-4-1-5-15-27)22-12-13-24-35-26-28-16-6-2-7-17-28/h1-11,14-21,32,35H,12-13,22-26H2,(H,36,39)(H,37,38)/t32-/m1/s1. The highest BCUT2D eigenvalue weighted by atomic mass is 16.2. The Morgan fingerprint density at radius 3 is 1.97 bits per heavy atom. The van der Waals surface area contributed by atoms with Crippen molar-refractivity contribution in [1.29, 1.82) is 0 Å². The van der Waals surface area contributed by atoms with Crippen molar-refractivity contribution in [1.82, 2.24) is 16.0 Å². The summed E-state index contributed by atoms with van der Waals surface area (Å²) in [7, 11) is 0. The second kappa shape index (κ2) is 15.3. The fourth-order valence-corrected chi connectivity index (χ4v) is 4.58. The molecule has 1 atom stereocenters. The summed E-state index contributed by atoms with van der Waals surface area (Å²) in [6.07, 6.45) is 3.05. The number of nitrogens with one attached hydrogen (secondary N) is 3. The predicted molar refractivity (Wildman–Crippen MR) is 158 cm³/mol. The van der Waals surface area contributed by atoms with E-state index in [9.17, 15) is 9.59 Å². The lowest BCUT2D eigenvalue weighted by Gasteiger charge is -2.20. The van der Waals surface area contributed by atoms with Gasteiger partial charge in [-0.15, -0.1) is 0 Å². The topological polar surface area (TPSA) is 70.2 Å². The molecule has 3 N–H and O–H groups in total. The highest BCUT2D eigenvalue weighted by Crippen LogP contribution is 2.23. The molecule has 5 heteroatoms. The molecule has 0 saturated heterocycles. The Balaban J connectivity index is 1.36. The fourth-order valence-electron chi connectivity index (χ4n) is 4.58. The van der Waals surface area contributed by atoms with Crippen LogP contribution in [0.3, 0.4) is 0 Å². The molecule has 0 fully saturated rings. The minimum absolute atomic E-state index is 0.145. The summed E-state index contributed by atoms with van der Waals surface area (Å²) in [6, 6.07) is 37.2. The smallest absolute Gasteiger partial charge is 0.252 e. The molecule has 4 aromatic carbocycles. The monoisotopic (exact) mass is 519 g/mol. The summed E-state index contributed by atoms with van der Waals surface area (Å²) in [4.78, 5) is 26.7. The van der Waals surface area contributed by atoms with E-state index < -0.39 is 6.04 Å². The first-order valence-electron chi connectivity index (χ1n) is 13.7. The minimum atomic E-state index is -0.605. The van der Waals surface area contributed by atoms with Crippen LogP contribution in [0.5, 0.6) is 0 Å². The predicted octanol–water partition coefficient (Wildman–Crippen LogP) is 5.77. The van der Waals surface area contributed by atoms with Gasteiger partial charge >= 0.3 is 0 Å². The maximum Gasteiger partial charge on any atom is 0.252 e. The summed E-state index contributed by atoms with van der Waals surface area (Å²) in [6.45, 7) is 2.19. The summed E-state index contributed by atoms with van der Waals surface area (Å²) < 4.78 is 0. The Morgan fingerprint density at radius 1 is 0.641 bits per heavy atom. The lowest BCUT2D eigenvalue weighted by Crippen LogP contribution is -2.47. The van der Waals surface area contributed by atoms with Crippen LogP contribution in [0.25, 0.3) is 11.1 Å². The first-order chi connectivity index (χ1) is 19.2. The average Bonchev–Trinajstić information content (AvgIpc) is 2.99. The Bertz CT molecular complexity index is 1290. The van der Waals surface area contributed by atoms with Gasteiger partial charge in [-0.1, -0.05) is 109 Å². The van der Waals surface area contributed by atoms with E-state index in [1.54, 1.807) is 0 Å². The molecule has 0 radical (unpaired) electrons. The van der Waals surface area contributed by atoms with Crippen molar-refractivity contribution in [2.45, 2.75) is 38.3 Å². The van der Waals surface area contributed by atoms with Crippen LogP contribution < -0.4 is 16.0 Å². The van der Waals surface area contributed by atoms with Crippen LogP contribution >= 0.6 is 0 Å². The van der Waals surface area contributed by atoms with Crippen molar-refractivity contribution in [3.05, 3.63) is 132 Å². The molecule has 39 heavy (non-hydrogen) atoms. The quantitative estimate of drug-likeness (QED) is 0.185. The van der Waals surface area contributed by atoms with Gasteiger partial charge in [0, 0.05) is 18.7 Å². The van der Waals surface area contributed by atoms with Gasteiger partial charge in [0.25, 0.3) is 5.91 Å². The number of carbonyl (C=O) groups excluding carboxylic acids is 2. The van der Waals surface area contributed by atoms with Crippen LogP contribution in [-0.4, -0.2) is 30.9 Å². The Labute approximate surface area is 231 Å². The highest BCUT2D eigenvalue weighted by Gasteiger charge is 2.22. The second-order valence-corrected chi connectivity index (χ2v) is 9.62. The molecule has 4 rings (SSSR count). The van der Waals surface area contributed by atoms with Crippen LogP contribution in [0.1, 0.15) is 40.7 Å². The van der Waals surface area contributed by atoms with Crippen LogP contribution in [0.15, 0.2) is 115 Å². The lowest BCUT2D eigenvalue weighted by molar-refractivity contribution is -0.123. The number of benzene rings is 4. The molecule has 2 amide bonds. The summed E-state index contributed by atoms with van der Waals surface area (Å²) in [5.74, 6) is -0.381. The molecular weight excluding hydrogens is 482 g/mol. The molecule has 0 bridgehead atoms. The first-order valence-corrected chi connectivity index (χ1v) is 13.7. The van der Waals surface area contributed by atoms with Crippen molar-refractivity contribution >= 4 is 11.8 Å². The Morgan fingerprint density at radius 2 is 1.26 bits per heavy atom. The van der Waals surface area contributed by atoms with Crippen LogP contribution in [0.4, 0.5) is 0 Å². The van der Waals surface area contributed by atoms with E-state index in [1.165, 1.54) is 11.1 Å². The van der Waals surface area contributed by atoms with Gasteiger partial charge in [-0.25, -0.2) is 0 Å². The third kappa shape index (κ3) is 8.94. The van der Waals surface area contributed by atoms with Crippen molar-refractivity contribution in [3.8, 4) is 11.1 Å². The number of carbonyl (C=O) groups is 2. The van der Waals surface area contributed by atoms with E-state index in [0.29, 0.717) is 18.5 Å². The van der Waals surface area contributed by atoms with Gasteiger partial charge in [-0.2, -0.15) is 0 Å². The zero-order chi connectivity index (χ0) is 27.1. The summed E-state index contributed by atoms with van der Waals surface area (Å²) in [5.41, 5.74) is 4.80. The summed E-state index contributed by atoms with van der Waals surface area (Å²) >= 11 is 0. The molecule has 0 saturated carbocycles. The minimum Gasteiger partial charge on any atom is -0.354 e. The molecule has 5 nitrogen and oxygen atoms in total. The molecular formula is C34H37N3O2. The molecule has 4 aromatic rings. The van der Waals surface area contributed by atoms with Gasteiger partial charge in [0.1, 0.15) is 6.04 Å². The molecule has 0 aliphatic carbocycles. The molecule has 200 valence electrons. The van der Waals surface area contributed by atoms with Gasteiger partial charge in [0.2, 0.25) is 5.91 Å². The average molecular weight is 520 g/mol. The van der Waals surface area contributed by atoms with Crippen LogP contribution in [-0.2, 0) is 17.8 Å². The van der Waals surface area contributed by atoms with Crippen molar-refractivity contribution < 1.29 is 9.59 Å². The maximum atomic E-state index is 13.4. The van der Waals surface area contributed by atoms with E-state index in [2.05, 4.69) is 28.1 Å². The number of rotatable bonds is 14. The van der Waals surface area contributed by atoms with E-state index in [4.69, 9.17) is 0 Å². The highest BCUT2D eigenvalue weighted by molar-refractivity contribution is 6.02.